The highest BCUT2D eigenvalue weighted by Gasteiger charge is 2.08. The van der Waals surface area contributed by atoms with Gasteiger partial charge in [0.05, 0.1) is 5.69 Å². The Labute approximate surface area is 193 Å². The second-order valence-electron chi connectivity index (χ2n) is 7.79. The molecule has 0 aliphatic rings. The van der Waals surface area contributed by atoms with Gasteiger partial charge in [-0.25, -0.2) is 9.97 Å². The SMILES string of the molecule is Cc1nc(Nc2cccc(NC(=O)COc3cccc(C)c3C)c2)cc(-c2ccccc2)n1. The van der Waals surface area contributed by atoms with Gasteiger partial charge in [-0.3, -0.25) is 4.79 Å². The Morgan fingerprint density at radius 1 is 0.848 bits per heavy atom. The largest absolute Gasteiger partial charge is 0.483 e. The fourth-order valence-electron chi connectivity index (χ4n) is 3.43. The summed E-state index contributed by atoms with van der Waals surface area (Å²) in [5.74, 6) is 1.85. The van der Waals surface area contributed by atoms with Gasteiger partial charge in [0.15, 0.2) is 6.61 Å². The predicted octanol–water partition coefficient (Wildman–Crippen LogP) is 5.83. The molecule has 0 aliphatic carbocycles. The molecule has 4 aromatic rings. The lowest BCUT2D eigenvalue weighted by molar-refractivity contribution is -0.118. The molecule has 1 heterocycles. The van der Waals surface area contributed by atoms with Crippen LogP contribution in [0.4, 0.5) is 17.2 Å². The molecule has 6 heteroatoms. The topological polar surface area (TPSA) is 76.1 Å². The number of benzene rings is 3. The van der Waals surface area contributed by atoms with Crippen LogP contribution < -0.4 is 15.4 Å². The number of aromatic nitrogens is 2. The Morgan fingerprint density at radius 2 is 1.61 bits per heavy atom. The van der Waals surface area contributed by atoms with E-state index in [4.69, 9.17) is 4.74 Å². The molecule has 0 spiro atoms. The number of aryl methyl sites for hydroxylation is 2. The molecule has 0 unspecified atom stereocenters. The van der Waals surface area contributed by atoms with Crippen molar-refractivity contribution in [1.82, 2.24) is 9.97 Å². The minimum absolute atomic E-state index is 0.0620. The van der Waals surface area contributed by atoms with Crippen LogP contribution >= 0.6 is 0 Å². The molecule has 166 valence electrons. The van der Waals surface area contributed by atoms with Crippen LogP contribution in [0.15, 0.2) is 78.9 Å². The van der Waals surface area contributed by atoms with Gasteiger partial charge in [0.1, 0.15) is 17.4 Å². The van der Waals surface area contributed by atoms with Crippen molar-refractivity contribution in [1.29, 1.82) is 0 Å². The summed E-state index contributed by atoms with van der Waals surface area (Å²) in [5.41, 5.74) is 5.51. The number of nitrogens with zero attached hydrogens (tertiary/aromatic N) is 2. The number of amides is 1. The Balaban J connectivity index is 1.42. The molecule has 6 nitrogen and oxygen atoms in total. The second-order valence-corrected chi connectivity index (χ2v) is 7.79. The van der Waals surface area contributed by atoms with Gasteiger partial charge >= 0.3 is 0 Å². The minimum Gasteiger partial charge on any atom is -0.483 e. The Bertz CT molecular complexity index is 1270. The van der Waals surface area contributed by atoms with E-state index < -0.39 is 0 Å². The van der Waals surface area contributed by atoms with Crippen LogP contribution in [0.5, 0.6) is 5.75 Å². The summed E-state index contributed by atoms with van der Waals surface area (Å²) < 4.78 is 5.70. The normalized spacial score (nSPS) is 10.5. The molecule has 0 saturated carbocycles. The van der Waals surface area contributed by atoms with E-state index in [1.54, 1.807) is 0 Å². The van der Waals surface area contributed by atoms with Crippen LogP contribution in [-0.2, 0) is 4.79 Å². The van der Waals surface area contributed by atoms with Crippen molar-refractivity contribution in [3.05, 3.63) is 95.8 Å². The Hall–Kier alpha value is -4.19. The summed E-state index contributed by atoms with van der Waals surface area (Å²) in [4.78, 5) is 21.5. The van der Waals surface area contributed by atoms with Crippen LogP contribution in [0.25, 0.3) is 11.3 Å². The Morgan fingerprint density at radius 3 is 2.42 bits per heavy atom. The number of ether oxygens (including phenoxy) is 1. The zero-order valence-corrected chi connectivity index (χ0v) is 18.9. The lowest BCUT2D eigenvalue weighted by Gasteiger charge is -2.12. The van der Waals surface area contributed by atoms with Crippen LogP contribution in [0.2, 0.25) is 0 Å². The first-order valence-corrected chi connectivity index (χ1v) is 10.7. The molecule has 0 saturated heterocycles. The van der Waals surface area contributed by atoms with Gasteiger partial charge in [0.2, 0.25) is 0 Å². The first kappa shape index (κ1) is 22.0. The van der Waals surface area contributed by atoms with Crippen molar-refractivity contribution >= 4 is 23.1 Å². The zero-order chi connectivity index (χ0) is 23.2. The third kappa shape index (κ3) is 5.74. The van der Waals surface area contributed by atoms with Crippen LogP contribution in [0, 0.1) is 20.8 Å². The molecular formula is C27H26N4O2. The number of anilines is 3. The average Bonchev–Trinajstić information content (AvgIpc) is 2.80. The fourth-order valence-corrected chi connectivity index (χ4v) is 3.43. The predicted molar refractivity (Wildman–Crippen MR) is 132 cm³/mol. The highest BCUT2D eigenvalue weighted by atomic mass is 16.5. The maximum absolute atomic E-state index is 12.4. The first-order valence-electron chi connectivity index (χ1n) is 10.7. The molecule has 0 radical (unpaired) electrons. The molecule has 1 amide bonds. The zero-order valence-electron chi connectivity index (χ0n) is 18.9. The molecule has 2 N–H and O–H groups in total. The lowest BCUT2D eigenvalue weighted by Crippen LogP contribution is -2.20. The number of carbonyl (C=O) groups is 1. The van der Waals surface area contributed by atoms with E-state index in [2.05, 4.69) is 20.6 Å². The highest BCUT2D eigenvalue weighted by molar-refractivity contribution is 5.92. The minimum atomic E-state index is -0.225. The van der Waals surface area contributed by atoms with Gasteiger partial charge < -0.3 is 15.4 Å². The standard InChI is InChI=1S/C27H26N4O2/c1-18-9-7-14-25(19(18)2)33-17-27(32)31-23-13-8-12-22(15-23)30-26-16-24(28-20(3)29-26)21-10-5-4-6-11-21/h4-16H,17H2,1-3H3,(H,31,32)(H,28,29,30). The van der Waals surface area contributed by atoms with E-state index in [1.807, 2.05) is 99.6 Å². The van der Waals surface area contributed by atoms with Crippen molar-refractivity contribution in [2.24, 2.45) is 0 Å². The molecule has 0 fully saturated rings. The maximum atomic E-state index is 12.4. The molecule has 1 aromatic heterocycles. The van der Waals surface area contributed by atoms with E-state index in [0.717, 1.165) is 28.1 Å². The van der Waals surface area contributed by atoms with E-state index in [9.17, 15) is 4.79 Å². The van der Waals surface area contributed by atoms with Crippen molar-refractivity contribution in [3.8, 4) is 17.0 Å². The summed E-state index contributed by atoms with van der Waals surface area (Å²) in [7, 11) is 0. The number of hydrogen-bond acceptors (Lipinski definition) is 5. The maximum Gasteiger partial charge on any atom is 0.262 e. The number of hydrogen-bond donors (Lipinski definition) is 2. The van der Waals surface area contributed by atoms with Crippen LogP contribution in [0.1, 0.15) is 17.0 Å². The fraction of sp³-hybridized carbons (Fsp3) is 0.148. The smallest absolute Gasteiger partial charge is 0.262 e. The van der Waals surface area contributed by atoms with Gasteiger partial charge in [-0.2, -0.15) is 0 Å². The molecular weight excluding hydrogens is 412 g/mol. The summed E-state index contributed by atoms with van der Waals surface area (Å²) in [6.45, 7) is 5.80. The quantitative estimate of drug-likeness (QED) is 0.380. The van der Waals surface area contributed by atoms with E-state index in [1.165, 1.54) is 0 Å². The van der Waals surface area contributed by atoms with Crippen LogP contribution in [0.3, 0.4) is 0 Å². The van der Waals surface area contributed by atoms with Gasteiger partial charge in [-0.05, 0) is 56.2 Å². The monoisotopic (exact) mass is 438 g/mol. The van der Waals surface area contributed by atoms with Crippen molar-refractivity contribution in [3.63, 3.8) is 0 Å². The van der Waals surface area contributed by atoms with E-state index >= 15 is 0 Å². The van der Waals surface area contributed by atoms with Gasteiger partial charge in [-0.15, -0.1) is 0 Å². The number of carbonyl (C=O) groups excluding carboxylic acids is 1. The van der Waals surface area contributed by atoms with Gasteiger partial charge in [0, 0.05) is 23.0 Å². The molecule has 4 rings (SSSR count). The van der Waals surface area contributed by atoms with Crippen molar-refractivity contribution < 1.29 is 9.53 Å². The molecule has 33 heavy (non-hydrogen) atoms. The first-order chi connectivity index (χ1) is 16.0. The van der Waals surface area contributed by atoms with Crippen molar-refractivity contribution in [2.75, 3.05) is 17.2 Å². The summed E-state index contributed by atoms with van der Waals surface area (Å²) in [5, 5.41) is 6.19. The molecule has 0 atom stereocenters. The molecule has 0 aliphatic heterocycles. The summed E-state index contributed by atoms with van der Waals surface area (Å²) >= 11 is 0. The summed E-state index contributed by atoms with van der Waals surface area (Å²) in [6.07, 6.45) is 0. The third-order valence-electron chi connectivity index (χ3n) is 5.24. The second kappa shape index (κ2) is 9.96. The van der Waals surface area contributed by atoms with Crippen LogP contribution in [-0.4, -0.2) is 22.5 Å². The lowest BCUT2D eigenvalue weighted by atomic mass is 10.1. The number of rotatable bonds is 7. The number of nitrogens with one attached hydrogen (secondary N) is 2. The van der Waals surface area contributed by atoms with Gasteiger partial charge in [0.25, 0.3) is 5.91 Å². The van der Waals surface area contributed by atoms with Gasteiger partial charge in [-0.1, -0.05) is 48.5 Å². The Kier molecular flexibility index (Phi) is 6.64. The average molecular weight is 439 g/mol. The molecule has 3 aromatic carbocycles. The highest BCUT2D eigenvalue weighted by Crippen LogP contribution is 2.24. The van der Waals surface area contributed by atoms with Crippen molar-refractivity contribution in [2.45, 2.75) is 20.8 Å². The van der Waals surface area contributed by atoms with E-state index in [0.29, 0.717) is 23.1 Å². The van der Waals surface area contributed by atoms with E-state index in [-0.39, 0.29) is 12.5 Å². The third-order valence-corrected chi connectivity index (χ3v) is 5.24. The summed E-state index contributed by atoms with van der Waals surface area (Å²) in [6, 6.07) is 25.2. The molecule has 0 bridgehead atoms.